The standard InChI is InChI=1S/C32H33ClN2O4/c1-22(6-13-31(36)37)23-7-12-30-28(20-23)26(27-4-2-16-34-29(27)21-39-30)5-3-17-35-18-14-32(38,15-19-35)24-8-10-25(33)11-9-24/h2,4-5,7-12,16,20,38H,1,3,6,13-15,17-19,21H2,(H,36,37)/b26-5+. The number of carboxylic acid groups (broad SMARTS) is 1. The Hall–Kier alpha value is -3.45. The fourth-order valence-electron chi connectivity index (χ4n) is 5.38. The third kappa shape index (κ3) is 6.25. The number of halogens is 1. The zero-order valence-electron chi connectivity index (χ0n) is 21.9. The number of piperidine rings is 1. The molecule has 1 aromatic heterocycles. The number of nitrogens with zero attached hydrogens (tertiary/aromatic N) is 2. The van der Waals surface area contributed by atoms with Gasteiger partial charge in [0.05, 0.1) is 11.3 Å². The molecule has 1 saturated heterocycles. The average molecular weight is 545 g/mol. The molecule has 1 fully saturated rings. The van der Waals surface area contributed by atoms with Gasteiger partial charge in [0.15, 0.2) is 0 Å². The summed E-state index contributed by atoms with van der Waals surface area (Å²) in [6, 6.07) is 17.5. The first-order chi connectivity index (χ1) is 18.8. The highest BCUT2D eigenvalue weighted by Gasteiger charge is 2.33. The smallest absolute Gasteiger partial charge is 0.303 e. The molecule has 2 N–H and O–H groups in total. The number of hydrogen-bond acceptors (Lipinski definition) is 5. The van der Waals surface area contributed by atoms with Crippen LogP contribution in [0.25, 0.3) is 11.1 Å². The van der Waals surface area contributed by atoms with Gasteiger partial charge in [-0.25, -0.2) is 0 Å². The first-order valence-corrected chi connectivity index (χ1v) is 13.7. The van der Waals surface area contributed by atoms with Crippen LogP contribution in [0.2, 0.25) is 5.02 Å². The molecule has 0 spiro atoms. The summed E-state index contributed by atoms with van der Waals surface area (Å²) in [5.41, 5.74) is 5.76. The summed E-state index contributed by atoms with van der Waals surface area (Å²) in [6.07, 6.45) is 6.65. The minimum absolute atomic E-state index is 0.0465. The molecule has 0 saturated carbocycles. The van der Waals surface area contributed by atoms with Crippen LogP contribution >= 0.6 is 11.6 Å². The van der Waals surface area contributed by atoms with Crippen LogP contribution in [0.4, 0.5) is 0 Å². The third-order valence-electron chi connectivity index (χ3n) is 7.72. The molecule has 6 nitrogen and oxygen atoms in total. The SMILES string of the molecule is C=C(CCC(=O)O)c1ccc2c(c1)/C(=C/CCN1CCC(O)(c3ccc(Cl)cc3)CC1)c1cccnc1CO2. The van der Waals surface area contributed by atoms with Gasteiger partial charge in [-0.3, -0.25) is 9.78 Å². The summed E-state index contributed by atoms with van der Waals surface area (Å²) >= 11 is 6.03. The number of ether oxygens (including phenoxy) is 1. The van der Waals surface area contributed by atoms with Crippen molar-refractivity contribution >= 4 is 28.7 Å². The van der Waals surface area contributed by atoms with Crippen molar-refractivity contribution in [3.05, 3.63) is 106 Å². The van der Waals surface area contributed by atoms with E-state index in [0.29, 0.717) is 30.9 Å². The highest BCUT2D eigenvalue weighted by Crippen LogP contribution is 2.39. The van der Waals surface area contributed by atoms with Crippen molar-refractivity contribution in [3.63, 3.8) is 0 Å². The molecule has 0 radical (unpaired) electrons. The molecule has 2 aliphatic heterocycles. The molecule has 2 aromatic carbocycles. The maximum Gasteiger partial charge on any atom is 0.303 e. The third-order valence-corrected chi connectivity index (χ3v) is 7.97. The highest BCUT2D eigenvalue weighted by atomic mass is 35.5. The molecule has 0 amide bonds. The van der Waals surface area contributed by atoms with Gasteiger partial charge in [0, 0.05) is 48.4 Å². The van der Waals surface area contributed by atoms with Gasteiger partial charge in [0.2, 0.25) is 0 Å². The minimum Gasteiger partial charge on any atom is -0.487 e. The quantitative estimate of drug-likeness (QED) is 0.346. The van der Waals surface area contributed by atoms with Crippen LogP contribution in [0.3, 0.4) is 0 Å². The number of aliphatic carboxylic acids is 1. The number of fused-ring (bicyclic) bond motifs is 2. The zero-order valence-corrected chi connectivity index (χ0v) is 22.7. The van der Waals surface area contributed by atoms with E-state index < -0.39 is 11.6 Å². The predicted molar refractivity (Wildman–Crippen MR) is 154 cm³/mol. The van der Waals surface area contributed by atoms with Crippen LogP contribution in [0.5, 0.6) is 5.75 Å². The summed E-state index contributed by atoms with van der Waals surface area (Å²) in [6.45, 7) is 7.01. The Morgan fingerprint density at radius 2 is 1.87 bits per heavy atom. The fourth-order valence-corrected chi connectivity index (χ4v) is 5.51. The van der Waals surface area contributed by atoms with Gasteiger partial charge >= 0.3 is 5.97 Å². The van der Waals surface area contributed by atoms with Gasteiger partial charge in [-0.15, -0.1) is 0 Å². The second-order valence-electron chi connectivity index (χ2n) is 10.3. The van der Waals surface area contributed by atoms with E-state index >= 15 is 0 Å². The maximum absolute atomic E-state index is 11.2. The maximum atomic E-state index is 11.2. The van der Waals surface area contributed by atoms with E-state index in [1.54, 1.807) is 6.20 Å². The van der Waals surface area contributed by atoms with Crippen molar-refractivity contribution in [3.8, 4) is 5.75 Å². The lowest BCUT2D eigenvalue weighted by atomic mass is 9.84. The van der Waals surface area contributed by atoms with E-state index in [0.717, 1.165) is 70.9 Å². The normalized spacial score (nSPS) is 17.5. The van der Waals surface area contributed by atoms with Gasteiger partial charge < -0.3 is 19.8 Å². The Kier molecular flexibility index (Phi) is 8.17. The van der Waals surface area contributed by atoms with E-state index in [-0.39, 0.29) is 6.42 Å². The van der Waals surface area contributed by atoms with Gasteiger partial charge in [0.25, 0.3) is 0 Å². The van der Waals surface area contributed by atoms with E-state index in [2.05, 4.69) is 34.7 Å². The Morgan fingerprint density at radius 3 is 2.62 bits per heavy atom. The first-order valence-electron chi connectivity index (χ1n) is 13.3. The van der Waals surface area contributed by atoms with Crippen molar-refractivity contribution < 1.29 is 19.7 Å². The summed E-state index contributed by atoms with van der Waals surface area (Å²) in [5.74, 6) is -0.0563. The molecule has 0 bridgehead atoms. The van der Waals surface area contributed by atoms with Gasteiger partial charge in [-0.05, 0) is 78.3 Å². The number of carboxylic acids is 1. The first kappa shape index (κ1) is 27.1. The lowest BCUT2D eigenvalue weighted by Gasteiger charge is -2.38. The zero-order chi connectivity index (χ0) is 27.4. The molecule has 0 unspecified atom stereocenters. The average Bonchev–Trinajstić information content (AvgIpc) is 3.10. The molecule has 0 atom stereocenters. The van der Waals surface area contributed by atoms with E-state index in [1.807, 2.05) is 42.5 Å². The Morgan fingerprint density at radius 1 is 1.10 bits per heavy atom. The number of rotatable bonds is 8. The molecule has 202 valence electrons. The number of pyridine rings is 1. The molecular weight excluding hydrogens is 512 g/mol. The second kappa shape index (κ2) is 11.7. The van der Waals surface area contributed by atoms with Crippen LogP contribution in [-0.2, 0) is 17.0 Å². The van der Waals surface area contributed by atoms with Crippen molar-refractivity contribution in [1.29, 1.82) is 0 Å². The number of allylic oxidation sites excluding steroid dienone is 1. The Labute approximate surface area is 234 Å². The number of carbonyl (C=O) groups is 1. The predicted octanol–water partition coefficient (Wildman–Crippen LogP) is 6.31. The van der Waals surface area contributed by atoms with Crippen molar-refractivity contribution in [1.82, 2.24) is 9.88 Å². The van der Waals surface area contributed by atoms with Crippen LogP contribution in [-0.4, -0.2) is 45.7 Å². The van der Waals surface area contributed by atoms with Crippen molar-refractivity contribution in [2.24, 2.45) is 0 Å². The van der Waals surface area contributed by atoms with Crippen molar-refractivity contribution in [2.45, 2.75) is 44.3 Å². The topological polar surface area (TPSA) is 82.9 Å². The summed E-state index contributed by atoms with van der Waals surface area (Å²) < 4.78 is 6.13. The van der Waals surface area contributed by atoms with E-state index in [4.69, 9.17) is 21.4 Å². The second-order valence-corrected chi connectivity index (χ2v) is 10.7. The molecule has 3 heterocycles. The van der Waals surface area contributed by atoms with Gasteiger partial charge in [-0.2, -0.15) is 0 Å². The van der Waals surface area contributed by atoms with Gasteiger partial charge in [0.1, 0.15) is 12.4 Å². The molecule has 5 rings (SSSR count). The van der Waals surface area contributed by atoms with E-state index in [1.165, 1.54) is 0 Å². The number of aliphatic hydroxyl groups is 1. The number of aromatic nitrogens is 1. The van der Waals surface area contributed by atoms with E-state index in [9.17, 15) is 9.90 Å². The monoisotopic (exact) mass is 544 g/mol. The number of likely N-dealkylation sites (tertiary alicyclic amines) is 1. The molecule has 2 aliphatic rings. The van der Waals surface area contributed by atoms with Gasteiger partial charge in [-0.1, -0.05) is 48.5 Å². The lowest BCUT2D eigenvalue weighted by molar-refractivity contribution is -0.136. The van der Waals surface area contributed by atoms with Crippen molar-refractivity contribution in [2.75, 3.05) is 19.6 Å². The van der Waals surface area contributed by atoms with Crippen LogP contribution in [0.1, 0.15) is 60.1 Å². The molecule has 39 heavy (non-hydrogen) atoms. The molecule has 3 aromatic rings. The Balaban J connectivity index is 1.33. The summed E-state index contributed by atoms with van der Waals surface area (Å²) in [7, 11) is 0. The minimum atomic E-state index is -0.834. The lowest BCUT2D eigenvalue weighted by Crippen LogP contribution is -2.42. The molecule has 7 heteroatoms. The number of benzene rings is 2. The van der Waals surface area contributed by atoms with Crippen LogP contribution in [0, 0.1) is 0 Å². The summed E-state index contributed by atoms with van der Waals surface area (Å²) in [5, 5.41) is 21.0. The Bertz CT molecular complexity index is 1390. The fraction of sp³-hybridized carbons (Fsp3) is 0.312. The highest BCUT2D eigenvalue weighted by molar-refractivity contribution is 6.30. The van der Waals surface area contributed by atoms with Crippen LogP contribution < -0.4 is 4.74 Å². The van der Waals surface area contributed by atoms with Crippen LogP contribution in [0.15, 0.2) is 73.4 Å². The molecule has 0 aliphatic carbocycles. The molecular formula is C32H33ClN2O4. The largest absolute Gasteiger partial charge is 0.487 e. The summed E-state index contributed by atoms with van der Waals surface area (Å²) in [4.78, 5) is 18.0. The number of hydrogen-bond donors (Lipinski definition) is 2.